The Hall–Kier alpha value is -0.800. The Labute approximate surface area is 98.2 Å². The van der Waals surface area contributed by atoms with E-state index in [1.165, 1.54) is 0 Å². The van der Waals surface area contributed by atoms with Gasteiger partial charge in [0.05, 0.1) is 18.9 Å². The largest absolute Gasteiger partial charge is 0.468 e. The molecule has 1 unspecified atom stereocenters. The summed E-state index contributed by atoms with van der Waals surface area (Å²) in [5, 5.41) is 3.31. The lowest BCUT2D eigenvalue weighted by atomic mass is 10.1. The van der Waals surface area contributed by atoms with Gasteiger partial charge in [0.15, 0.2) is 0 Å². The molecule has 1 aromatic rings. The van der Waals surface area contributed by atoms with Crippen molar-refractivity contribution in [3.63, 3.8) is 0 Å². The Morgan fingerprint density at radius 3 is 2.81 bits per heavy atom. The molecule has 0 bridgehead atoms. The molecule has 0 saturated carbocycles. The van der Waals surface area contributed by atoms with Crippen molar-refractivity contribution in [1.82, 2.24) is 5.32 Å². The highest BCUT2D eigenvalue weighted by atomic mass is 16.5. The molecule has 0 aliphatic heterocycles. The third-order valence-corrected chi connectivity index (χ3v) is 2.41. The number of hydrogen-bond donors (Lipinski definition) is 1. The Kier molecular flexibility index (Phi) is 6.19. The van der Waals surface area contributed by atoms with E-state index in [4.69, 9.17) is 9.15 Å². The SMILES string of the molecule is CC(C)CCOC(C)CNCc1ccco1. The predicted octanol–water partition coefficient (Wildman–Crippen LogP) is 2.82. The van der Waals surface area contributed by atoms with Crippen molar-refractivity contribution in [3.05, 3.63) is 24.2 Å². The fraction of sp³-hybridized carbons (Fsp3) is 0.692. The fourth-order valence-corrected chi connectivity index (χ4v) is 1.38. The Morgan fingerprint density at radius 1 is 1.38 bits per heavy atom. The molecule has 0 radical (unpaired) electrons. The first-order chi connectivity index (χ1) is 7.68. The van der Waals surface area contributed by atoms with Gasteiger partial charge in [0.25, 0.3) is 0 Å². The minimum Gasteiger partial charge on any atom is -0.468 e. The normalized spacial score (nSPS) is 13.2. The number of furan rings is 1. The van der Waals surface area contributed by atoms with Gasteiger partial charge >= 0.3 is 0 Å². The quantitative estimate of drug-likeness (QED) is 0.738. The monoisotopic (exact) mass is 225 g/mol. The molecule has 0 aliphatic carbocycles. The maximum Gasteiger partial charge on any atom is 0.117 e. The van der Waals surface area contributed by atoms with Crippen molar-refractivity contribution in [2.45, 2.75) is 39.8 Å². The molecule has 1 aromatic heterocycles. The van der Waals surface area contributed by atoms with Crippen molar-refractivity contribution >= 4 is 0 Å². The van der Waals surface area contributed by atoms with Gasteiger partial charge in [0.2, 0.25) is 0 Å². The molecule has 3 heteroatoms. The first-order valence-corrected chi connectivity index (χ1v) is 6.03. The second-order valence-corrected chi connectivity index (χ2v) is 4.57. The molecule has 92 valence electrons. The van der Waals surface area contributed by atoms with Gasteiger partial charge in [-0.1, -0.05) is 13.8 Å². The summed E-state index contributed by atoms with van der Waals surface area (Å²) in [6.07, 6.45) is 3.08. The first kappa shape index (κ1) is 13.3. The van der Waals surface area contributed by atoms with E-state index in [2.05, 4.69) is 26.1 Å². The third kappa shape index (κ3) is 5.93. The van der Waals surface area contributed by atoms with E-state index in [0.29, 0.717) is 5.92 Å². The summed E-state index contributed by atoms with van der Waals surface area (Å²) in [5.74, 6) is 1.68. The number of rotatable bonds is 8. The topological polar surface area (TPSA) is 34.4 Å². The zero-order valence-corrected chi connectivity index (χ0v) is 10.5. The fourth-order valence-electron chi connectivity index (χ4n) is 1.38. The van der Waals surface area contributed by atoms with Gasteiger partial charge < -0.3 is 14.5 Å². The summed E-state index contributed by atoms with van der Waals surface area (Å²) in [6, 6.07) is 3.87. The summed E-state index contributed by atoms with van der Waals surface area (Å²) < 4.78 is 10.9. The van der Waals surface area contributed by atoms with Gasteiger partial charge in [-0.2, -0.15) is 0 Å². The van der Waals surface area contributed by atoms with Crippen LogP contribution >= 0.6 is 0 Å². The maximum absolute atomic E-state index is 5.68. The lowest BCUT2D eigenvalue weighted by molar-refractivity contribution is 0.0583. The zero-order valence-electron chi connectivity index (χ0n) is 10.5. The highest BCUT2D eigenvalue weighted by Gasteiger charge is 2.03. The lowest BCUT2D eigenvalue weighted by Crippen LogP contribution is -2.26. The summed E-state index contributed by atoms with van der Waals surface area (Å²) in [5.41, 5.74) is 0. The van der Waals surface area contributed by atoms with E-state index in [1.54, 1.807) is 6.26 Å². The smallest absolute Gasteiger partial charge is 0.117 e. The molecule has 0 amide bonds. The first-order valence-electron chi connectivity index (χ1n) is 6.03. The van der Waals surface area contributed by atoms with Gasteiger partial charge in [-0.3, -0.25) is 0 Å². The van der Waals surface area contributed by atoms with E-state index in [0.717, 1.165) is 31.9 Å². The molecular formula is C13H23NO2. The van der Waals surface area contributed by atoms with Crippen LogP contribution in [0.4, 0.5) is 0 Å². The van der Waals surface area contributed by atoms with Crippen molar-refractivity contribution in [3.8, 4) is 0 Å². The van der Waals surface area contributed by atoms with Gasteiger partial charge in [0, 0.05) is 13.2 Å². The Morgan fingerprint density at radius 2 is 2.19 bits per heavy atom. The molecule has 0 saturated heterocycles. The van der Waals surface area contributed by atoms with Crippen molar-refractivity contribution in [2.75, 3.05) is 13.2 Å². The average Bonchev–Trinajstić information content (AvgIpc) is 2.70. The van der Waals surface area contributed by atoms with Crippen LogP contribution in [0.5, 0.6) is 0 Å². The molecule has 1 heterocycles. The third-order valence-electron chi connectivity index (χ3n) is 2.41. The molecule has 1 atom stereocenters. The molecule has 0 aliphatic rings. The van der Waals surface area contributed by atoms with Crippen LogP contribution in [0.25, 0.3) is 0 Å². The van der Waals surface area contributed by atoms with Crippen LogP contribution in [-0.4, -0.2) is 19.3 Å². The molecule has 16 heavy (non-hydrogen) atoms. The van der Waals surface area contributed by atoms with E-state index >= 15 is 0 Å². The van der Waals surface area contributed by atoms with E-state index in [9.17, 15) is 0 Å². The van der Waals surface area contributed by atoms with Crippen LogP contribution in [0.15, 0.2) is 22.8 Å². The molecule has 0 aromatic carbocycles. The highest BCUT2D eigenvalue weighted by Crippen LogP contribution is 2.02. The predicted molar refractivity (Wildman–Crippen MR) is 65.3 cm³/mol. The molecule has 0 fully saturated rings. The number of ether oxygens (including phenoxy) is 1. The minimum atomic E-state index is 0.258. The van der Waals surface area contributed by atoms with Crippen LogP contribution in [0.1, 0.15) is 33.0 Å². The summed E-state index contributed by atoms with van der Waals surface area (Å²) in [4.78, 5) is 0. The van der Waals surface area contributed by atoms with Gasteiger partial charge in [-0.25, -0.2) is 0 Å². The van der Waals surface area contributed by atoms with Crippen LogP contribution < -0.4 is 5.32 Å². The van der Waals surface area contributed by atoms with Crippen molar-refractivity contribution in [2.24, 2.45) is 5.92 Å². The van der Waals surface area contributed by atoms with Gasteiger partial charge in [-0.15, -0.1) is 0 Å². The van der Waals surface area contributed by atoms with E-state index in [1.807, 2.05) is 12.1 Å². The van der Waals surface area contributed by atoms with Crippen LogP contribution in [0, 0.1) is 5.92 Å². The van der Waals surface area contributed by atoms with Gasteiger partial charge in [-0.05, 0) is 31.4 Å². The lowest BCUT2D eigenvalue weighted by Gasteiger charge is -2.14. The van der Waals surface area contributed by atoms with Crippen LogP contribution in [0.3, 0.4) is 0 Å². The standard InChI is InChI=1S/C13H23NO2/c1-11(2)6-8-15-12(3)9-14-10-13-5-4-7-16-13/h4-5,7,11-12,14H,6,8-10H2,1-3H3. The van der Waals surface area contributed by atoms with Crippen LogP contribution in [-0.2, 0) is 11.3 Å². The highest BCUT2D eigenvalue weighted by molar-refractivity contribution is 4.97. The maximum atomic E-state index is 5.68. The van der Waals surface area contributed by atoms with E-state index < -0.39 is 0 Å². The molecule has 1 N–H and O–H groups in total. The molecule has 1 rings (SSSR count). The molecule has 0 spiro atoms. The minimum absolute atomic E-state index is 0.258. The zero-order chi connectivity index (χ0) is 11.8. The summed E-state index contributed by atoms with van der Waals surface area (Å²) >= 11 is 0. The van der Waals surface area contributed by atoms with Crippen molar-refractivity contribution < 1.29 is 9.15 Å². The van der Waals surface area contributed by atoms with Gasteiger partial charge in [0.1, 0.15) is 5.76 Å². The number of nitrogens with one attached hydrogen (secondary N) is 1. The second kappa shape index (κ2) is 7.47. The summed E-state index contributed by atoms with van der Waals surface area (Å²) in [7, 11) is 0. The van der Waals surface area contributed by atoms with Crippen molar-refractivity contribution in [1.29, 1.82) is 0 Å². The molecular weight excluding hydrogens is 202 g/mol. The average molecular weight is 225 g/mol. The Bertz CT molecular complexity index is 257. The number of hydrogen-bond acceptors (Lipinski definition) is 3. The second-order valence-electron chi connectivity index (χ2n) is 4.57. The summed E-state index contributed by atoms with van der Waals surface area (Å²) in [6.45, 7) is 8.99. The Balaban J connectivity index is 2.00. The van der Waals surface area contributed by atoms with E-state index in [-0.39, 0.29) is 6.10 Å². The molecule has 3 nitrogen and oxygen atoms in total. The van der Waals surface area contributed by atoms with Crippen LogP contribution in [0.2, 0.25) is 0 Å².